The molecule has 0 unspecified atom stereocenters. The lowest BCUT2D eigenvalue weighted by atomic mass is 10.1. The molecule has 0 aliphatic carbocycles. The zero-order valence-corrected chi connectivity index (χ0v) is 33.7. The summed E-state index contributed by atoms with van der Waals surface area (Å²) in [6.45, 7) is 0. The number of pyridine rings is 2. The summed E-state index contributed by atoms with van der Waals surface area (Å²) in [5.41, 5.74) is 16.6. The van der Waals surface area contributed by atoms with Gasteiger partial charge in [0.2, 0.25) is 0 Å². The van der Waals surface area contributed by atoms with Crippen LogP contribution >= 0.6 is 0 Å². The van der Waals surface area contributed by atoms with Gasteiger partial charge in [-0.15, -0.1) is 0 Å². The molecule has 6 heterocycles. The van der Waals surface area contributed by atoms with Crippen LogP contribution in [0.2, 0.25) is 0 Å². The third-order valence-electron chi connectivity index (χ3n) is 12.2. The highest BCUT2D eigenvalue weighted by molar-refractivity contribution is 6.12. The van der Waals surface area contributed by atoms with Crippen molar-refractivity contribution >= 4 is 65.7 Å². The first-order chi connectivity index (χ1) is 31.2. The van der Waals surface area contributed by atoms with Crippen molar-refractivity contribution in [3.8, 4) is 56.4 Å². The summed E-state index contributed by atoms with van der Waals surface area (Å²) in [5, 5.41) is 5.60. The lowest BCUT2D eigenvalue weighted by Gasteiger charge is -2.13. The van der Waals surface area contributed by atoms with E-state index in [0.717, 1.165) is 122 Å². The molecule has 0 saturated heterocycles. The Morgan fingerprint density at radius 1 is 0.349 bits per heavy atom. The van der Waals surface area contributed by atoms with Crippen LogP contribution in [0.5, 0.6) is 0 Å². The van der Waals surface area contributed by atoms with Gasteiger partial charge in [0.05, 0.1) is 62.9 Å². The summed E-state index contributed by atoms with van der Waals surface area (Å²) >= 11 is 0. The lowest BCUT2D eigenvalue weighted by Crippen LogP contribution is -1.98. The smallest absolute Gasteiger partial charge is 0.153 e. The van der Waals surface area contributed by atoms with Gasteiger partial charge < -0.3 is 13.6 Å². The molecule has 0 aliphatic rings. The van der Waals surface area contributed by atoms with Gasteiger partial charge in [-0.2, -0.15) is 0 Å². The molecule has 0 amide bonds. The molecule has 7 nitrogen and oxygen atoms in total. The number of aromatic nitrogens is 6. The van der Waals surface area contributed by atoms with Crippen LogP contribution in [0.3, 0.4) is 0 Å². The second kappa shape index (κ2) is 13.9. The molecule has 0 N–H and O–H groups in total. The van der Waals surface area contributed by atoms with Crippen LogP contribution in [0.4, 0.5) is 0 Å². The normalized spacial score (nSPS) is 11.8. The van der Waals surface area contributed by atoms with E-state index in [4.69, 9.17) is 19.4 Å². The van der Waals surface area contributed by atoms with Gasteiger partial charge >= 0.3 is 0 Å². The molecule has 0 atom stereocenters. The molecule has 0 saturated carbocycles. The van der Waals surface area contributed by atoms with Gasteiger partial charge in [-0.1, -0.05) is 109 Å². The van der Waals surface area contributed by atoms with Gasteiger partial charge in [0.1, 0.15) is 11.1 Å². The summed E-state index contributed by atoms with van der Waals surface area (Å²) in [7, 11) is 0. The monoisotopic (exact) mass is 806 g/mol. The van der Waals surface area contributed by atoms with Crippen molar-refractivity contribution in [2.45, 2.75) is 0 Å². The minimum absolute atomic E-state index is 0.784. The lowest BCUT2D eigenvalue weighted by molar-refractivity contribution is 0.668. The standard InChI is InChI=1S/C56H34N6O/c1-3-12-35(13-4-1)46-31-40(32-47(59-46)36-14-5-2-6-15-36)62-51-19-10-8-17-42(51)44-29-38(22-25-53(44)62)49-34-57-33-48(60-49)37-21-24-52-43(28-37)41-16-7-9-18-50(41)61(52)39-23-26-54-45(30-39)56-55(63-54)20-11-27-58-56/h1-34H. The van der Waals surface area contributed by atoms with Gasteiger partial charge in [-0.25, -0.2) is 9.97 Å². The molecule has 0 fully saturated rings. The van der Waals surface area contributed by atoms with Gasteiger partial charge in [-0.3, -0.25) is 9.97 Å². The van der Waals surface area contributed by atoms with E-state index in [-0.39, 0.29) is 0 Å². The Morgan fingerprint density at radius 3 is 1.51 bits per heavy atom. The van der Waals surface area contributed by atoms with Crippen molar-refractivity contribution < 1.29 is 4.42 Å². The quantitative estimate of drug-likeness (QED) is 0.167. The molecule has 0 aliphatic heterocycles. The van der Waals surface area contributed by atoms with E-state index in [1.165, 1.54) is 0 Å². The molecule has 294 valence electrons. The number of fused-ring (bicyclic) bond motifs is 9. The average Bonchev–Trinajstić information content (AvgIpc) is 4.01. The number of rotatable bonds is 6. The molecular weight excluding hydrogens is 773 g/mol. The van der Waals surface area contributed by atoms with Crippen molar-refractivity contribution in [3.05, 3.63) is 207 Å². The molecule has 7 heteroatoms. The summed E-state index contributed by atoms with van der Waals surface area (Å²) in [5.74, 6) is 0. The number of hydrogen-bond donors (Lipinski definition) is 0. The molecule has 0 spiro atoms. The molecule has 13 rings (SSSR count). The van der Waals surface area contributed by atoms with E-state index in [2.05, 4.69) is 172 Å². The summed E-state index contributed by atoms with van der Waals surface area (Å²) in [6.07, 6.45) is 5.53. The Kier molecular flexibility index (Phi) is 7.77. The predicted molar refractivity (Wildman–Crippen MR) is 255 cm³/mol. The van der Waals surface area contributed by atoms with Crippen molar-refractivity contribution in [1.29, 1.82) is 0 Å². The third-order valence-corrected chi connectivity index (χ3v) is 12.2. The molecule has 0 radical (unpaired) electrons. The maximum atomic E-state index is 6.11. The van der Waals surface area contributed by atoms with Crippen molar-refractivity contribution in [2.24, 2.45) is 0 Å². The van der Waals surface area contributed by atoms with E-state index >= 15 is 0 Å². The van der Waals surface area contributed by atoms with Crippen LogP contribution in [0.1, 0.15) is 0 Å². The predicted octanol–water partition coefficient (Wildman–Crippen LogP) is 14.0. The van der Waals surface area contributed by atoms with Crippen LogP contribution in [0, 0.1) is 0 Å². The van der Waals surface area contributed by atoms with Crippen LogP contribution in [-0.2, 0) is 0 Å². The number of furan rings is 1. The maximum absolute atomic E-state index is 6.11. The molecule has 0 bridgehead atoms. The van der Waals surface area contributed by atoms with E-state index in [0.29, 0.717) is 0 Å². The highest BCUT2D eigenvalue weighted by atomic mass is 16.3. The van der Waals surface area contributed by atoms with Crippen molar-refractivity contribution in [1.82, 2.24) is 29.1 Å². The minimum Gasteiger partial charge on any atom is -0.454 e. The molecular formula is C56H34N6O. The Balaban J connectivity index is 0.920. The van der Waals surface area contributed by atoms with Crippen LogP contribution in [0.15, 0.2) is 211 Å². The number of para-hydroxylation sites is 2. The second-order valence-corrected chi connectivity index (χ2v) is 15.9. The van der Waals surface area contributed by atoms with E-state index in [1.54, 1.807) is 0 Å². The minimum atomic E-state index is 0.784. The fraction of sp³-hybridized carbons (Fsp3) is 0. The van der Waals surface area contributed by atoms with E-state index < -0.39 is 0 Å². The zero-order chi connectivity index (χ0) is 41.4. The van der Waals surface area contributed by atoms with E-state index in [9.17, 15) is 0 Å². The first-order valence-electron chi connectivity index (χ1n) is 21.0. The largest absolute Gasteiger partial charge is 0.454 e. The number of nitrogens with zero attached hydrogens (tertiary/aromatic N) is 6. The first-order valence-corrected chi connectivity index (χ1v) is 21.0. The summed E-state index contributed by atoms with van der Waals surface area (Å²) in [4.78, 5) is 19.8. The molecule has 63 heavy (non-hydrogen) atoms. The van der Waals surface area contributed by atoms with Crippen LogP contribution < -0.4 is 0 Å². The second-order valence-electron chi connectivity index (χ2n) is 15.9. The first kappa shape index (κ1) is 35.1. The van der Waals surface area contributed by atoms with Gasteiger partial charge in [0, 0.05) is 61.1 Å². The zero-order valence-electron chi connectivity index (χ0n) is 33.7. The maximum Gasteiger partial charge on any atom is 0.153 e. The highest BCUT2D eigenvalue weighted by Crippen LogP contribution is 2.39. The Hall–Kier alpha value is -8.68. The highest BCUT2D eigenvalue weighted by Gasteiger charge is 2.19. The molecule has 6 aromatic heterocycles. The topological polar surface area (TPSA) is 74.6 Å². The van der Waals surface area contributed by atoms with Gasteiger partial charge in [0.15, 0.2) is 5.58 Å². The SMILES string of the molecule is c1ccc(-c2cc(-n3c4ccccc4c4cc(-c5cncc(-c6ccc7c(c6)c6ccccc6n7-c6ccc7oc8cccnc8c7c6)n5)ccc43)cc(-c3ccccc3)n2)cc1. The van der Waals surface area contributed by atoms with Gasteiger partial charge in [-0.05, 0) is 78.9 Å². The van der Waals surface area contributed by atoms with Crippen molar-refractivity contribution in [2.75, 3.05) is 0 Å². The summed E-state index contributed by atoms with van der Waals surface area (Å²) in [6, 6.07) is 65.8. The summed E-state index contributed by atoms with van der Waals surface area (Å²) < 4.78 is 10.8. The average molecular weight is 807 g/mol. The number of benzene rings is 7. The Labute approximate surface area is 360 Å². The molecule has 7 aromatic carbocycles. The fourth-order valence-corrected chi connectivity index (χ4v) is 9.35. The number of hydrogen-bond acceptors (Lipinski definition) is 5. The third kappa shape index (κ3) is 5.67. The Morgan fingerprint density at radius 2 is 0.889 bits per heavy atom. The Bertz CT molecular complexity index is 3860. The molecule has 13 aromatic rings. The van der Waals surface area contributed by atoms with E-state index in [1.807, 2.05) is 48.9 Å². The van der Waals surface area contributed by atoms with Crippen LogP contribution in [-0.4, -0.2) is 29.1 Å². The van der Waals surface area contributed by atoms with Gasteiger partial charge in [0.25, 0.3) is 0 Å². The fourth-order valence-electron chi connectivity index (χ4n) is 9.35. The van der Waals surface area contributed by atoms with Crippen molar-refractivity contribution in [3.63, 3.8) is 0 Å². The van der Waals surface area contributed by atoms with Crippen LogP contribution in [0.25, 0.3) is 122 Å².